The zero-order valence-corrected chi connectivity index (χ0v) is 12.4. The van der Waals surface area contributed by atoms with E-state index in [0.717, 1.165) is 51.5 Å². The van der Waals surface area contributed by atoms with Crippen molar-refractivity contribution in [2.24, 2.45) is 0 Å². The molecular formula is C16H26N2O2. The Bertz CT molecular complexity index is 482. The standard InChI is InChI=1S/C16H26N2O2/c1-17-14-7-6-8-15-13(14)9-10-16(20)18(15)11-4-2-3-5-12-19/h9-10,14,17,19H,2-8,11-12H2,1H3. The Balaban J connectivity index is 2.10. The van der Waals surface area contributed by atoms with Crippen molar-refractivity contribution in [3.63, 3.8) is 0 Å². The molecule has 0 aliphatic heterocycles. The molecule has 4 heteroatoms. The molecule has 1 aromatic rings. The van der Waals surface area contributed by atoms with Crippen LogP contribution < -0.4 is 10.9 Å². The lowest BCUT2D eigenvalue weighted by Gasteiger charge is -2.27. The summed E-state index contributed by atoms with van der Waals surface area (Å²) in [5, 5.41) is 12.1. The van der Waals surface area contributed by atoms with Gasteiger partial charge in [-0.3, -0.25) is 4.79 Å². The highest BCUT2D eigenvalue weighted by Gasteiger charge is 2.21. The molecule has 1 unspecified atom stereocenters. The van der Waals surface area contributed by atoms with Crippen LogP contribution in [0.1, 0.15) is 55.8 Å². The molecule has 2 rings (SSSR count). The number of nitrogens with zero attached hydrogens (tertiary/aromatic N) is 1. The van der Waals surface area contributed by atoms with Gasteiger partial charge in [-0.05, 0) is 44.7 Å². The minimum Gasteiger partial charge on any atom is -0.396 e. The van der Waals surface area contributed by atoms with Crippen molar-refractivity contribution in [1.29, 1.82) is 0 Å². The lowest BCUT2D eigenvalue weighted by Crippen LogP contribution is -2.30. The second kappa shape index (κ2) is 7.60. The van der Waals surface area contributed by atoms with E-state index in [-0.39, 0.29) is 12.2 Å². The second-order valence-corrected chi connectivity index (χ2v) is 5.60. The summed E-state index contributed by atoms with van der Waals surface area (Å²) in [5.41, 5.74) is 2.65. The number of pyridine rings is 1. The van der Waals surface area contributed by atoms with E-state index in [1.807, 2.05) is 17.7 Å². The van der Waals surface area contributed by atoms with Gasteiger partial charge in [0.15, 0.2) is 0 Å². The number of nitrogens with one attached hydrogen (secondary N) is 1. The SMILES string of the molecule is CNC1CCCc2c1ccc(=O)n2CCCCCCO. The zero-order valence-electron chi connectivity index (χ0n) is 12.4. The van der Waals surface area contributed by atoms with E-state index < -0.39 is 0 Å². The van der Waals surface area contributed by atoms with Gasteiger partial charge in [0.1, 0.15) is 0 Å². The molecule has 20 heavy (non-hydrogen) atoms. The Morgan fingerprint density at radius 2 is 2.10 bits per heavy atom. The summed E-state index contributed by atoms with van der Waals surface area (Å²) in [4.78, 5) is 12.1. The highest BCUT2D eigenvalue weighted by molar-refractivity contribution is 5.27. The van der Waals surface area contributed by atoms with Crippen LogP contribution in [0.25, 0.3) is 0 Å². The van der Waals surface area contributed by atoms with Gasteiger partial charge < -0.3 is 15.0 Å². The molecule has 1 aromatic heterocycles. The molecule has 0 amide bonds. The van der Waals surface area contributed by atoms with Crippen LogP contribution in [0.15, 0.2) is 16.9 Å². The molecule has 0 saturated heterocycles. The van der Waals surface area contributed by atoms with Crippen LogP contribution in [0.2, 0.25) is 0 Å². The van der Waals surface area contributed by atoms with Gasteiger partial charge in [-0.25, -0.2) is 0 Å². The third-order valence-corrected chi connectivity index (χ3v) is 4.25. The molecule has 0 fully saturated rings. The van der Waals surface area contributed by atoms with Crippen LogP contribution in [0.4, 0.5) is 0 Å². The molecule has 1 aliphatic rings. The first-order valence-electron chi connectivity index (χ1n) is 7.78. The number of hydrogen-bond acceptors (Lipinski definition) is 3. The number of fused-ring (bicyclic) bond motifs is 1. The highest BCUT2D eigenvalue weighted by atomic mass is 16.2. The number of aromatic nitrogens is 1. The van der Waals surface area contributed by atoms with Crippen LogP contribution in [-0.2, 0) is 13.0 Å². The number of aliphatic hydroxyl groups is 1. The quantitative estimate of drug-likeness (QED) is 0.750. The van der Waals surface area contributed by atoms with Gasteiger partial charge in [0.2, 0.25) is 0 Å². The molecule has 0 aromatic carbocycles. The van der Waals surface area contributed by atoms with Gasteiger partial charge in [-0.15, -0.1) is 0 Å². The average molecular weight is 278 g/mol. The summed E-state index contributed by atoms with van der Waals surface area (Å²) < 4.78 is 1.97. The molecule has 112 valence electrons. The van der Waals surface area contributed by atoms with E-state index in [4.69, 9.17) is 5.11 Å². The van der Waals surface area contributed by atoms with Crippen LogP contribution in [0, 0.1) is 0 Å². The minimum absolute atomic E-state index is 0.127. The third kappa shape index (κ3) is 3.49. The average Bonchev–Trinajstić information content (AvgIpc) is 2.48. The van der Waals surface area contributed by atoms with E-state index in [1.54, 1.807) is 6.07 Å². The maximum absolute atomic E-state index is 12.1. The molecule has 0 saturated carbocycles. The van der Waals surface area contributed by atoms with Crippen LogP contribution >= 0.6 is 0 Å². The summed E-state index contributed by atoms with van der Waals surface area (Å²) in [6, 6.07) is 4.10. The fourth-order valence-electron chi connectivity index (χ4n) is 3.14. The second-order valence-electron chi connectivity index (χ2n) is 5.60. The van der Waals surface area contributed by atoms with Gasteiger partial charge in [-0.2, -0.15) is 0 Å². The molecule has 0 spiro atoms. The third-order valence-electron chi connectivity index (χ3n) is 4.25. The topological polar surface area (TPSA) is 54.3 Å². The van der Waals surface area contributed by atoms with Crippen LogP contribution in [0.5, 0.6) is 0 Å². The first-order valence-corrected chi connectivity index (χ1v) is 7.78. The maximum Gasteiger partial charge on any atom is 0.250 e. The van der Waals surface area contributed by atoms with E-state index >= 15 is 0 Å². The number of aliphatic hydroxyl groups excluding tert-OH is 1. The largest absolute Gasteiger partial charge is 0.396 e. The van der Waals surface area contributed by atoms with Crippen molar-refractivity contribution in [3.8, 4) is 0 Å². The molecule has 1 heterocycles. The maximum atomic E-state index is 12.1. The highest BCUT2D eigenvalue weighted by Crippen LogP contribution is 2.28. The smallest absolute Gasteiger partial charge is 0.250 e. The van der Waals surface area contributed by atoms with Crippen molar-refractivity contribution < 1.29 is 5.11 Å². The van der Waals surface area contributed by atoms with Gasteiger partial charge in [0, 0.05) is 31.0 Å². The summed E-state index contributed by atoms with van der Waals surface area (Å²) in [7, 11) is 1.99. The van der Waals surface area contributed by atoms with Crippen LogP contribution in [0.3, 0.4) is 0 Å². The number of hydrogen-bond donors (Lipinski definition) is 2. The number of unbranched alkanes of at least 4 members (excludes halogenated alkanes) is 3. The normalized spacial score (nSPS) is 18.0. The number of rotatable bonds is 7. The Morgan fingerprint density at radius 1 is 1.30 bits per heavy atom. The van der Waals surface area contributed by atoms with E-state index in [2.05, 4.69) is 5.32 Å². The molecule has 4 nitrogen and oxygen atoms in total. The zero-order chi connectivity index (χ0) is 14.4. The first kappa shape index (κ1) is 15.3. The van der Waals surface area contributed by atoms with Crippen molar-refractivity contribution in [3.05, 3.63) is 33.7 Å². The Morgan fingerprint density at radius 3 is 2.85 bits per heavy atom. The Labute approximate surface area is 120 Å². The van der Waals surface area contributed by atoms with Crippen molar-refractivity contribution in [2.45, 2.75) is 57.5 Å². The molecule has 0 bridgehead atoms. The molecule has 2 N–H and O–H groups in total. The summed E-state index contributed by atoms with van der Waals surface area (Å²) in [6.07, 6.45) is 7.31. The van der Waals surface area contributed by atoms with E-state index in [9.17, 15) is 4.79 Å². The molecule has 1 aliphatic carbocycles. The van der Waals surface area contributed by atoms with Crippen molar-refractivity contribution in [1.82, 2.24) is 9.88 Å². The summed E-state index contributed by atoms with van der Waals surface area (Å²) >= 11 is 0. The van der Waals surface area contributed by atoms with E-state index in [0.29, 0.717) is 6.04 Å². The molecule has 0 radical (unpaired) electrons. The lowest BCUT2D eigenvalue weighted by atomic mass is 9.91. The van der Waals surface area contributed by atoms with Crippen molar-refractivity contribution in [2.75, 3.05) is 13.7 Å². The predicted molar refractivity (Wildman–Crippen MR) is 81.0 cm³/mol. The van der Waals surface area contributed by atoms with Gasteiger partial charge in [-0.1, -0.05) is 18.9 Å². The van der Waals surface area contributed by atoms with Crippen molar-refractivity contribution >= 4 is 0 Å². The van der Waals surface area contributed by atoms with Gasteiger partial charge in [0.05, 0.1) is 0 Å². The monoisotopic (exact) mass is 278 g/mol. The van der Waals surface area contributed by atoms with Gasteiger partial charge in [0.25, 0.3) is 5.56 Å². The summed E-state index contributed by atoms with van der Waals surface area (Å²) in [6.45, 7) is 1.08. The predicted octanol–water partition coefficient (Wildman–Crippen LogP) is 2.00. The fraction of sp³-hybridized carbons (Fsp3) is 0.688. The van der Waals surface area contributed by atoms with Crippen LogP contribution in [-0.4, -0.2) is 23.3 Å². The Kier molecular flexibility index (Phi) is 5.80. The molecular weight excluding hydrogens is 252 g/mol. The molecule has 1 atom stereocenters. The summed E-state index contributed by atoms with van der Waals surface area (Å²) in [5.74, 6) is 0. The van der Waals surface area contributed by atoms with Gasteiger partial charge >= 0.3 is 0 Å². The lowest BCUT2D eigenvalue weighted by molar-refractivity contribution is 0.282. The first-order chi connectivity index (χ1) is 9.77. The Hall–Kier alpha value is -1.13. The minimum atomic E-state index is 0.127. The van der Waals surface area contributed by atoms with E-state index in [1.165, 1.54) is 11.3 Å². The fourth-order valence-corrected chi connectivity index (χ4v) is 3.14.